The van der Waals surface area contributed by atoms with Gasteiger partial charge in [-0.1, -0.05) is 11.6 Å². The summed E-state index contributed by atoms with van der Waals surface area (Å²) in [5.41, 5.74) is 0.686. The summed E-state index contributed by atoms with van der Waals surface area (Å²) in [5, 5.41) is 14.7. The Labute approximate surface area is 234 Å². The molecule has 0 aliphatic carbocycles. The van der Waals surface area contributed by atoms with Crippen molar-refractivity contribution in [1.82, 2.24) is 9.88 Å². The van der Waals surface area contributed by atoms with E-state index in [4.69, 9.17) is 30.9 Å². The Morgan fingerprint density at radius 2 is 1.77 bits per heavy atom. The van der Waals surface area contributed by atoms with Gasteiger partial charge in [0, 0.05) is 42.9 Å². The average molecular weight is 573 g/mol. The standard InChI is InChI=1S/C28H27ClF2N4O5/c1-35(9-11-36)10-12-39-27-16-24-19(15-26(27)38-2)25(7-8-32-24)40-18-4-6-22(20(29)14-18)33-28(37)34-23-5-3-17(30)13-21(23)31/h3-8,13-16,36H,9-12H2,1-2H3,(H2,33,34,37). The lowest BCUT2D eigenvalue weighted by Crippen LogP contribution is -2.27. The number of carbonyl (C=O) groups is 1. The molecule has 12 heteroatoms. The molecule has 0 atom stereocenters. The number of aromatic nitrogens is 1. The summed E-state index contributed by atoms with van der Waals surface area (Å²) in [6.45, 7) is 1.63. The lowest BCUT2D eigenvalue weighted by molar-refractivity contribution is 0.190. The number of fused-ring (bicyclic) bond motifs is 1. The molecule has 40 heavy (non-hydrogen) atoms. The molecule has 210 valence electrons. The first-order valence-corrected chi connectivity index (χ1v) is 12.5. The van der Waals surface area contributed by atoms with E-state index in [1.165, 1.54) is 19.2 Å². The van der Waals surface area contributed by atoms with Crippen LogP contribution in [0.5, 0.6) is 23.0 Å². The van der Waals surface area contributed by atoms with Gasteiger partial charge in [-0.2, -0.15) is 0 Å². The highest BCUT2D eigenvalue weighted by Crippen LogP contribution is 2.38. The van der Waals surface area contributed by atoms with Crippen molar-refractivity contribution in [2.24, 2.45) is 0 Å². The Balaban J connectivity index is 1.47. The van der Waals surface area contributed by atoms with E-state index >= 15 is 0 Å². The second-order valence-corrected chi connectivity index (χ2v) is 9.06. The maximum absolute atomic E-state index is 13.8. The van der Waals surface area contributed by atoms with Crippen molar-refractivity contribution >= 4 is 39.9 Å². The number of carbonyl (C=O) groups excluding carboxylic acids is 1. The minimum absolute atomic E-state index is 0.0705. The molecule has 0 unspecified atom stereocenters. The molecule has 0 saturated heterocycles. The van der Waals surface area contributed by atoms with Crippen LogP contribution in [-0.4, -0.2) is 61.5 Å². The summed E-state index contributed by atoms with van der Waals surface area (Å²) in [6.07, 6.45) is 1.60. The van der Waals surface area contributed by atoms with Crippen molar-refractivity contribution in [3.63, 3.8) is 0 Å². The van der Waals surface area contributed by atoms with Gasteiger partial charge in [0.25, 0.3) is 0 Å². The Morgan fingerprint density at radius 1 is 1.00 bits per heavy atom. The minimum Gasteiger partial charge on any atom is -0.493 e. The third-order valence-electron chi connectivity index (χ3n) is 5.80. The van der Waals surface area contributed by atoms with Crippen LogP contribution in [0.1, 0.15) is 0 Å². The number of ether oxygens (including phenoxy) is 3. The zero-order valence-electron chi connectivity index (χ0n) is 21.7. The molecule has 9 nitrogen and oxygen atoms in total. The Morgan fingerprint density at radius 3 is 2.50 bits per heavy atom. The Kier molecular flexibility index (Phi) is 9.54. The van der Waals surface area contributed by atoms with E-state index in [9.17, 15) is 13.6 Å². The predicted molar refractivity (Wildman–Crippen MR) is 149 cm³/mol. The molecule has 0 bridgehead atoms. The smallest absolute Gasteiger partial charge is 0.323 e. The quantitative estimate of drug-likeness (QED) is 0.205. The van der Waals surface area contributed by atoms with Crippen LogP contribution in [0.25, 0.3) is 10.9 Å². The van der Waals surface area contributed by atoms with Gasteiger partial charge in [0.15, 0.2) is 11.5 Å². The molecule has 0 spiro atoms. The zero-order valence-corrected chi connectivity index (χ0v) is 22.5. The average Bonchev–Trinajstić information content (AvgIpc) is 2.92. The summed E-state index contributed by atoms with van der Waals surface area (Å²) >= 11 is 6.36. The molecule has 3 aromatic carbocycles. The van der Waals surface area contributed by atoms with Gasteiger partial charge in [-0.05, 0) is 43.4 Å². The SMILES string of the molecule is COc1cc2c(Oc3ccc(NC(=O)Nc4ccc(F)cc4F)c(Cl)c3)ccnc2cc1OCCN(C)CCO. The van der Waals surface area contributed by atoms with E-state index in [-0.39, 0.29) is 23.0 Å². The fourth-order valence-corrected chi connectivity index (χ4v) is 3.96. The number of aliphatic hydroxyl groups excluding tert-OH is 1. The molecule has 4 rings (SSSR count). The number of urea groups is 1. The monoisotopic (exact) mass is 572 g/mol. The van der Waals surface area contributed by atoms with E-state index in [2.05, 4.69) is 15.6 Å². The number of aliphatic hydroxyl groups is 1. The molecular formula is C28H27ClF2N4O5. The Hall–Kier alpha value is -4.19. The van der Waals surface area contributed by atoms with Gasteiger partial charge in [-0.15, -0.1) is 0 Å². The maximum Gasteiger partial charge on any atom is 0.323 e. The number of halogens is 3. The molecule has 4 aromatic rings. The molecular weight excluding hydrogens is 546 g/mol. The number of pyridine rings is 1. The second-order valence-electron chi connectivity index (χ2n) is 8.65. The molecule has 0 aliphatic rings. The van der Waals surface area contributed by atoms with Crippen molar-refractivity contribution in [1.29, 1.82) is 0 Å². The predicted octanol–water partition coefficient (Wildman–Crippen LogP) is 5.91. The summed E-state index contributed by atoms with van der Waals surface area (Å²) < 4.78 is 44.4. The number of hydrogen-bond acceptors (Lipinski definition) is 7. The summed E-state index contributed by atoms with van der Waals surface area (Å²) in [4.78, 5) is 18.7. The van der Waals surface area contributed by atoms with Crippen molar-refractivity contribution < 1.29 is 32.9 Å². The highest BCUT2D eigenvalue weighted by Gasteiger charge is 2.14. The number of likely N-dealkylation sites (N-methyl/N-ethyl adjacent to an activating group) is 1. The second kappa shape index (κ2) is 13.2. The van der Waals surface area contributed by atoms with Gasteiger partial charge in [-0.25, -0.2) is 13.6 Å². The molecule has 1 aromatic heterocycles. The van der Waals surface area contributed by atoms with Crippen molar-refractivity contribution in [2.45, 2.75) is 0 Å². The third kappa shape index (κ3) is 7.26. The number of nitrogens with zero attached hydrogens (tertiary/aromatic N) is 2. The lowest BCUT2D eigenvalue weighted by atomic mass is 10.1. The number of amides is 2. The molecule has 0 radical (unpaired) electrons. The van der Waals surface area contributed by atoms with E-state index in [1.807, 2.05) is 11.9 Å². The topological polar surface area (TPSA) is 105 Å². The van der Waals surface area contributed by atoms with Gasteiger partial charge < -0.3 is 34.9 Å². The van der Waals surface area contributed by atoms with Gasteiger partial charge in [-0.3, -0.25) is 4.98 Å². The van der Waals surface area contributed by atoms with Gasteiger partial charge in [0.2, 0.25) is 0 Å². The first-order chi connectivity index (χ1) is 19.3. The molecule has 0 saturated carbocycles. The van der Waals surface area contributed by atoms with Gasteiger partial charge in [0.05, 0.1) is 35.6 Å². The van der Waals surface area contributed by atoms with Crippen LogP contribution in [0, 0.1) is 11.6 Å². The van der Waals surface area contributed by atoms with Crippen LogP contribution in [0.15, 0.2) is 60.8 Å². The highest BCUT2D eigenvalue weighted by molar-refractivity contribution is 6.34. The van der Waals surface area contributed by atoms with E-state index < -0.39 is 17.7 Å². The minimum atomic E-state index is -0.907. The van der Waals surface area contributed by atoms with Crippen molar-refractivity contribution in [3.05, 3.63) is 77.5 Å². The van der Waals surface area contributed by atoms with Gasteiger partial charge >= 0.3 is 6.03 Å². The lowest BCUT2D eigenvalue weighted by Gasteiger charge is -2.17. The maximum atomic E-state index is 13.8. The van der Waals surface area contributed by atoms with Crippen LogP contribution in [0.4, 0.5) is 25.0 Å². The summed E-state index contributed by atoms with van der Waals surface area (Å²) in [5.74, 6) is 0.230. The molecule has 1 heterocycles. The molecule has 0 aliphatic heterocycles. The normalized spacial score (nSPS) is 11.0. The first-order valence-electron chi connectivity index (χ1n) is 12.2. The van der Waals surface area contributed by atoms with Crippen molar-refractivity contribution in [3.8, 4) is 23.0 Å². The van der Waals surface area contributed by atoms with Crippen LogP contribution in [0.2, 0.25) is 5.02 Å². The van der Waals surface area contributed by atoms with Crippen molar-refractivity contribution in [2.75, 3.05) is 51.1 Å². The fourth-order valence-electron chi connectivity index (χ4n) is 3.74. The zero-order chi connectivity index (χ0) is 28.6. The van der Waals surface area contributed by atoms with E-state index in [0.29, 0.717) is 59.7 Å². The largest absolute Gasteiger partial charge is 0.493 e. The number of anilines is 2. The van der Waals surface area contributed by atoms with E-state index in [0.717, 1.165) is 12.1 Å². The molecule has 2 amide bonds. The number of methoxy groups -OCH3 is 1. The first kappa shape index (κ1) is 28.8. The summed E-state index contributed by atoms with van der Waals surface area (Å²) in [6, 6.07) is 11.9. The van der Waals surface area contributed by atoms with Crippen LogP contribution in [-0.2, 0) is 0 Å². The summed E-state index contributed by atoms with van der Waals surface area (Å²) in [7, 11) is 3.43. The number of rotatable bonds is 11. The van der Waals surface area contributed by atoms with Crippen LogP contribution >= 0.6 is 11.6 Å². The van der Waals surface area contributed by atoms with Gasteiger partial charge in [0.1, 0.15) is 29.7 Å². The van der Waals surface area contributed by atoms with E-state index in [1.54, 1.807) is 30.5 Å². The number of benzene rings is 3. The van der Waals surface area contributed by atoms with Crippen LogP contribution < -0.4 is 24.8 Å². The number of hydrogen-bond donors (Lipinski definition) is 3. The molecule has 3 N–H and O–H groups in total. The molecule has 0 fully saturated rings. The number of nitrogens with one attached hydrogen (secondary N) is 2. The highest BCUT2D eigenvalue weighted by atomic mass is 35.5. The third-order valence-corrected chi connectivity index (χ3v) is 6.11. The Bertz CT molecular complexity index is 1510. The van der Waals surface area contributed by atoms with Crippen LogP contribution in [0.3, 0.4) is 0 Å². The fraction of sp³-hybridized carbons (Fsp3) is 0.214.